The van der Waals surface area contributed by atoms with Crippen molar-refractivity contribution in [3.63, 3.8) is 0 Å². The summed E-state index contributed by atoms with van der Waals surface area (Å²) in [6.07, 6.45) is -4.94. The lowest BCUT2D eigenvalue weighted by molar-refractivity contribution is -0.432. The fourth-order valence-corrected chi connectivity index (χ4v) is 2.19. The van der Waals surface area contributed by atoms with E-state index in [1.807, 2.05) is 13.8 Å². The number of rotatable bonds is 8. The van der Waals surface area contributed by atoms with Crippen LogP contribution in [0.25, 0.3) is 0 Å². The fourth-order valence-electron chi connectivity index (χ4n) is 1.69. The Labute approximate surface area is 121 Å². The number of hydrogen-bond donors (Lipinski definition) is 4. The summed E-state index contributed by atoms with van der Waals surface area (Å²) < 4.78 is 15.0. The molecule has 1 saturated heterocycles. The van der Waals surface area contributed by atoms with Gasteiger partial charge >= 0.3 is 0 Å². The van der Waals surface area contributed by atoms with E-state index < -0.39 is 30.7 Å². The van der Waals surface area contributed by atoms with Gasteiger partial charge in [-0.2, -0.15) is 0 Å². The first kappa shape index (κ1) is 18.1. The van der Waals surface area contributed by atoms with Gasteiger partial charge in [-0.25, -0.2) is 5.26 Å². The van der Waals surface area contributed by atoms with Crippen molar-refractivity contribution < 1.29 is 39.4 Å². The van der Waals surface area contributed by atoms with E-state index in [-0.39, 0.29) is 11.7 Å². The predicted octanol–water partition coefficient (Wildman–Crippen LogP) is -0.0739. The third-order valence-corrected chi connectivity index (χ3v) is 3.84. The number of hydrogen-bond acceptors (Lipinski definition) is 9. The second-order valence-electron chi connectivity index (χ2n) is 4.79. The molecule has 0 aliphatic carbocycles. The van der Waals surface area contributed by atoms with Crippen LogP contribution >= 0.6 is 12.0 Å². The predicted molar refractivity (Wildman–Crippen MR) is 69.3 cm³/mol. The van der Waals surface area contributed by atoms with Gasteiger partial charge < -0.3 is 24.8 Å². The van der Waals surface area contributed by atoms with Gasteiger partial charge in [0.15, 0.2) is 6.29 Å². The molecular formula is C11H22O8S. The topological polar surface area (TPSA) is 118 Å². The molecule has 0 aromatic rings. The van der Waals surface area contributed by atoms with Crippen LogP contribution in [0, 0.1) is 5.92 Å². The molecule has 20 heavy (non-hydrogen) atoms. The zero-order chi connectivity index (χ0) is 15.1. The molecule has 120 valence electrons. The van der Waals surface area contributed by atoms with Gasteiger partial charge in [-0.3, -0.25) is 0 Å². The van der Waals surface area contributed by atoms with Gasteiger partial charge in [-0.05, 0) is 5.92 Å². The normalized spacial score (nSPS) is 36.0. The maximum atomic E-state index is 9.82. The monoisotopic (exact) mass is 314 g/mol. The fraction of sp³-hybridized carbons (Fsp3) is 1.00. The second-order valence-corrected chi connectivity index (χ2v) is 5.49. The third-order valence-electron chi connectivity index (χ3n) is 3.22. The molecule has 0 spiro atoms. The maximum Gasteiger partial charge on any atom is 0.186 e. The first-order valence-corrected chi connectivity index (χ1v) is 7.33. The summed E-state index contributed by atoms with van der Waals surface area (Å²) in [4.78, 5) is 0. The summed E-state index contributed by atoms with van der Waals surface area (Å²) in [5.41, 5.74) is 0. The second kappa shape index (κ2) is 9.13. The molecule has 6 atom stereocenters. The molecule has 1 fully saturated rings. The summed E-state index contributed by atoms with van der Waals surface area (Å²) in [5.74, 6) is 0.364. The lowest BCUT2D eigenvalue weighted by Crippen LogP contribution is -2.59. The lowest BCUT2D eigenvalue weighted by atomic mass is 10.00. The van der Waals surface area contributed by atoms with E-state index in [1.54, 1.807) is 0 Å². The van der Waals surface area contributed by atoms with Crippen molar-refractivity contribution in [1.29, 1.82) is 0 Å². The van der Waals surface area contributed by atoms with Gasteiger partial charge in [0.2, 0.25) is 0 Å². The lowest BCUT2D eigenvalue weighted by Gasteiger charge is -2.40. The standard InChI is InChI=1S/C11H22O8S/c1-3-6(2)4-16-11-10(14)9(13)8(12)7(17-11)5-20-19-18-15/h6-15H,3-5H2,1-2H3. The van der Waals surface area contributed by atoms with Crippen LogP contribution in [0.3, 0.4) is 0 Å². The molecule has 9 heteroatoms. The SMILES string of the molecule is CCC(C)COC1OC(CSOOO)C(O)C(O)C1O. The van der Waals surface area contributed by atoms with Crippen LogP contribution in [0.5, 0.6) is 0 Å². The van der Waals surface area contributed by atoms with Crippen molar-refractivity contribution in [1.82, 2.24) is 0 Å². The zero-order valence-corrected chi connectivity index (χ0v) is 12.2. The van der Waals surface area contributed by atoms with Gasteiger partial charge in [0.25, 0.3) is 0 Å². The molecule has 1 aliphatic heterocycles. The molecule has 0 aromatic carbocycles. The van der Waals surface area contributed by atoms with Gasteiger partial charge in [0, 0.05) is 12.0 Å². The summed E-state index contributed by atoms with van der Waals surface area (Å²) in [6.45, 7) is 4.37. The van der Waals surface area contributed by atoms with E-state index in [2.05, 4.69) is 9.37 Å². The first-order valence-electron chi connectivity index (χ1n) is 6.42. The maximum absolute atomic E-state index is 9.82. The quantitative estimate of drug-likeness (QED) is 0.211. The molecule has 1 heterocycles. The van der Waals surface area contributed by atoms with Crippen molar-refractivity contribution in [2.75, 3.05) is 12.4 Å². The molecule has 8 nitrogen and oxygen atoms in total. The highest BCUT2D eigenvalue weighted by molar-refractivity contribution is 7.94. The summed E-state index contributed by atoms with van der Waals surface area (Å²) in [5, 5.41) is 40.8. The Bertz CT molecular complexity index is 269. The molecule has 0 saturated carbocycles. The van der Waals surface area contributed by atoms with Crippen molar-refractivity contribution in [3.8, 4) is 0 Å². The van der Waals surface area contributed by atoms with E-state index in [0.29, 0.717) is 18.6 Å². The summed E-state index contributed by atoms with van der Waals surface area (Å²) in [6, 6.07) is 0. The van der Waals surface area contributed by atoms with Gasteiger partial charge in [0.05, 0.1) is 12.4 Å². The van der Waals surface area contributed by atoms with Crippen molar-refractivity contribution >= 4 is 12.0 Å². The highest BCUT2D eigenvalue weighted by atomic mass is 32.2. The van der Waals surface area contributed by atoms with Gasteiger partial charge in [0.1, 0.15) is 24.4 Å². The van der Waals surface area contributed by atoms with Gasteiger partial charge in [-0.1, -0.05) is 25.3 Å². The van der Waals surface area contributed by atoms with E-state index in [9.17, 15) is 15.3 Å². The summed E-state index contributed by atoms with van der Waals surface area (Å²) >= 11 is 0.692. The largest absolute Gasteiger partial charge is 0.388 e. The summed E-state index contributed by atoms with van der Waals surface area (Å²) in [7, 11) is 0. The van der Waals surface area contributed by atoms with Crippen LogP contribution in [0.4, 0.5) is 0 Å². The van der Waals surface area contributed by atoms with Crippen LogP contribution < -0.4 is 0 Å². The zero-order valence-electron chi connectivity index (χ0n) is 11.4. The third kappa shape index (κ3) is 5.10. The minimum absolute atomic E-state index is 0.0781. The highest BCUT2D eigenvalue weighted by Gasteiger charge is 2.44. The smallest absolute Gasteiger partial charge is 0.186 e. The van der Waals surface area contributed by atoms with Crippen LogP contribution in [0.15, 0.2) is 0 Å². The molecule has 0 bridgehead atoms. The average Bonchev–Trinajstić information content (AvgIpc) is 2.45. The molecule has 0 aromatic heterocycles. The molecule has 1 rings (SSSR count). The van der Waals surface area contributed by atoms with Crippen LogP contribution in [0.1, 0.15) is 20.3 Å². The molecule has 0 radical (unpaired) electrons. The van der Waals surface area contributed by atoms with Crippen molar-refractivity contribution in [2.24, 2.45) is 5.92 Å². The van der Waals surface area contributed by atoms with Crippen LogP contribution in [-0.4, -0.2) is 63.6 Å². The Morgan fingerprint density at radius 2 is 1.90 bits per heavy atom. The Hall–Kier alpha value is 0.0300. The minimum atomic E-state index is -1.38. The van der Waals surface area contributed by atoms with Crippen molar-refractivity contribution in [2.45, 2.75) is 51.0 Å². The Kier molecular flexibility index (Phi) is 8.25. The van der Waals surface area contributed by atoms with E-state index in [1.165, 1.54) is 0 Å². The average molecular weight is 314 g/mol. The van der Waals surface area contributed by atoms with Crippen LogP contribution in [0.2, 0.25) is 0 Å². The Morgan fingerprint density at radius 1 is 1.20 bits per heavy atom. The Balaban J connectivity index is 2.52. The van der Waals surface area contributed by atoms with E-state index >= 15 is 0 Å². The molecule has 6 unspecified atom stereocenters. The Morgan fingerprint density at radius 3 is 2.50 bits per heavy atom. The molecule has 4 N–H and O–H groups in total. The van der Waals surface area contributed by atoms with Crippen molar-refractivity contribution in [3.05, 3.63) is 0 Å². The van der Waals surface area contributed by atoms with Crippen LogP contribution in [-0.2, 0) is 18.8 Å². The minimum Gasteiger partial charge on any atom is -0.388 e. The molecule has 0 amide bonds. The van der Waals surface area contributed by atoms with Gasteiger partial charge in [-0.15, -0.1) is 4.33 Å². The number of ether oxygens (including phenoxy) is 2. The highest BCUT2D eigenvalue weighted by Crippen LogP contribution is 2.25. The first-order chi connectivity index (χ1) is 9.51. The number of aliphatic hydroxyl groups excluding tert-OH is 3. The van der Waals surface area contributed by atoms with E-state index in [4.69, 9.17) is 14.7 Å². The van der Waals surface area contributed by atoms with E-state index in [0.717, 1.165) is 6.42 Å². The molecular weight excluding hydrogens is 292 g/mol. The number of aliphatic hydroxyl groups is 3. The molecule has 1 aliphatic rings.